The second-order valence-corrected chi connectivity index (χ2v) is 5.45. The molecule has 0 radical (unpaired) electrons. The monoisotopic (exact) mass is 250 g/mol. The number of likely N-dealkylation sites (tertiary alicyclic amines) is 1. The van der Waals surface area contributed by atoms with Crippen molar-refractivity contribution in [1.82, 2.24) is 10.1 Å². The quantitative estimate of drug-likeness (QED) is 0.817. The average Bonchev–Trinajstić information content (AvgIpc) is 2.80. The number of hydrogen-bond donors (Lipinski definition) is 1. The molecule has 1 N–H and O–H groups in total. The molecule has 2 heterocycles. The molecule has 2 fully saturated rings. The number of rotatable bonds is 1. The van der Waals surface area contributed by atoms with Gasteiger partial charge >= 0.3 is 0 Å². The van der Waals surface area contributed by atoms with Gasteiger partial charge in [0.25, 0.3) is 5.91 Å². The van der Waals surface area contributed by atoms with Gasteiger partial charge in [0.2, 0.25) is 0 Å². The molecule has 0 aromatic carbocycles. The van der Waals surface area contributed by atoms with Crippen molar-refractivity contribution < 1.29 is 14.4 Å². The van der Waals surface area contributed by atoms with E-state index < -0.39 is 6.10 Å². The number of carbonyl (C=O) groups excluding carboxylic acids is 1. The van der Waals surface area contributed by atoms with Crippen LogP contribution >= 0.6 is 0 Å². The summed E-state index contributed by atoms with van der Waals surface area (Å²) in [6.45, 7) is 2.53. The molecule has 0 spiro atoms. The minimum absolute atomic E-state index is 0.0406. The van der Waals surface area contributed by atoms with E-state index in [0.29, 0.717) is 11.6 Å². The Balaban J connectivity index is 1.83. The van der Waals surface area contributed by atoms with Crippen LogP contribution in [-0.4, -0.2) is 39.8 Å². The number of fused-ring (bicyclic) bond motifs is 2. The number of aliphatic hydroxyl groups is 1. The molecule has 1 aromatic heterocycles. The number of nitrogens with zero attached hydrogens (tertiary/aromatic N) is 2. The lowest BCUT2D eigenvalue weighted by atomic mass is 9.78. The molecular formula is C13H18N2O3. The molecule has 3 atom stereocenters. The zero-order chi connectivity index (χ0) is 12.7. The first-order valence-electron chi connectivity index (χ1n) is 6.57. The van der Waals surface area contributed by atoms with Crippen molar-refractivity contribution in [2.75, 3.05) is 6.54 Å². The molecule has 98 valence electrons. The first-order valence-corrected chi connectivity index (χ1v) is 6.57. The topological polar surface area (TPSA) is 66.6 Å². The lowest BCUT2D eigenvalue weighted by Crippen LogP contribution is -2.54. The van der Waals surface area contributed by atoms with Gasteiger partial charge in [-0.1, -0.05) is 5.16 Å². The third kappa shape index (κ3) is 1.82. The maximum atomic E-state index is 12.4. The molecule has 18 heavy (non-hydrogen) atoms. The van der Waals surface area contributed by atoms with Crippen molar-refractivity contribution in [2.24, 2.45) is 5.92 Å². The molecule has 2 aliphatic rings. The van der Waals surface area contributed by atoms with Crippen LogP contribution in [0.25, 0.3) is 0 Å². The van der Waals surface area contributed by atoms with Crippen LogP contribution in [0, 0.1) is 12.8 Å². The Hall–Kier alpha value is -1.36. The molecule has 1 saturated carbocycles. The summed E-state index contributed by atoms with van der Waals surface area (Å²) in [6.07, 6.45) is 4.93. The van der Waals surface area contributed by atoms with Crippen molar-refractivity contribution in [2.45, 2.75) is 44.8 Å². The van der Waals surface area contributed by atoms with Crippen molar-refractivity contribution in [3.05, 3.63) is 17.5 Å². The summed E-state index contributed by atoms with van der Waals surface area (Å²) in [4.78, 5) is 14.2. The minimum atomic E-state index is -0.391. The standard InChI is InChI=1S/C13H18N2O3/c1-8-7-18-14-12(8)13(17)15-5-4-9-2-3-11(16)10(15)6-9/h7,9-11,16H,2-6H2,1H3. The first kappa shape index (κ1) is 11.7. The van der Waals surface area contributed by atoms with Crippen LogP contribution in [0.4, 0.5) is 0 Å². The zero-order valence-electron chi connectivity index (χ0n) is 10.5. The van der Waals surface area contributed by atoms with Gasteiger partial charge in [0, 0.05) is 12.1 Å². The Morgan fingerprint density at radius 1 is 1.50 bits per heavy atom. The van der Waals surface area contributed by atoms with E-state index in [1.165, 1.54) is 6.26 Å². The molecule has 5 heteroatoms. The van der Waals surface area contributed by atoms with Gasteiger partial charge in [0.1, 0.15) is 6.26 Å². The highest BCUT2D eigenvalue weighted by Gasteiger charge is 2.40. The Labute approximate surface area is 106 Å². The Kier molecular flexibility index (Phi) is 2.86. The van der Waals surface area contributed by atoms with E-state index in [4.69, 9.17) is 4.52 Å². The fraction of sp³-hybridized carbons (Fsp3) is 0.692. The highest BCUT2D eigenvalue weighted by Crippen LogP contribution is 2.35. The van der Waals surface area contributed by atoms with E-state index in [9.17, 15) is 9.90 Å². The summed E-state index contributed by atoms with van der Waals surface area (Å²) in [5.74, 6) is 0.562. The molecule has 2 bridgehead atoms. The van der Waals surface area contributed by atoms with E-state index in [1.54, 1.807) is 4.90 Å². The number of piperidine rings is 1. The smallest absolute Gasteiger partial charge is 0.276 e. The largest absolute Gasteiger partial charge is 0.391 e. The molecule has 3 rings (SSSR count). The Bertz CT molecular complexity index is 457. The number of carbonyl (C=O) groups is 1. The van der Waals surface area contributed by atoms with Gasteiger partial charge in [0.15, 0.2) is 5.69 Å². The molecule has 1 aliphatic carbocycles. The highest BCUT2D eigenvalue weighted by molar-refractivity contribution is 5.93. The fourth-order valence-electron chi connectivity index (χ4n) is 3.18. The lowest BCUT2D eigenvalue weighted by molar-refractivity contribution is -0.0188. The van der Waals surface area contributed by atoms with E-state index in [2.05, 4.69) is 5.16 Å². The van der Waals surface area contributed by atoms with Crippen LogP contribution in [0.1, 0.15) is 41.7 Å². The van der Waals surface area contributed by atoms with Gasteiger partial charge in [-0.05, 0) is 38.5 Å². The van der Waals surface area contributed by atoms with Gasteiger partial charge in [-0.25, -0.2) is 0 Å². The predicted octanol–water partition coefficient (Wildman–Crippen LogP) is 1.36. The lowest BCUT2D eigenvalue weighted by Gasteiger charge is -2.45. The molecule has 1 aliphatic heterocycles. The number of amides is 1. The Morgan fingerprint density at radius 2 is 2.33 bits per heavy atom. The van der Waals surface area contributed by atoms with E-state index >= 15 is 0 Å². The molecule has 1 aromatic rings. The summed E-state index contributed by atoms with van der Waals surface area (Å²) in [6, 6.07) is -0.0406. The van der Waals surface area contributed by atoms with E-state index in [1.807, 2.05) is 6.92 Å². The van der Waals surface area contributed by atoms with Crippen molar-refractivity contribution in [3.63, 3.8) is 0 Å². The Morgan fingerprint density at radius 3 is 3.06 bits per heavy atom. The van der Waals surface area contributed by atoms with Gasteiger partial charge in [-0.15, -0.1) is 0 Å². The number of hydrogen-bond acceptors (Lipinski definition) is 4. The zero-order valence-corrected chi connectivity index (χ0v) is 10.5. The van der Waals surface area contributed by atoms with E-state index in [-0.39, 0.29) is 11.9 Å². The number of aromatic nitrogens is 1. The first-order chi connectivity index (χ1) is 8.66. The third-order valence-electron chi connectivity index (χ3n) is 4.28. The summed E-state index contributed by atoms with van der Waals surface area (Å²) < 4.78 is 4.83. The second-order valence-electron chi connectivity index (χ2n) is 5.45. The van der Waals surface area contributed by atoms with Crippen LogP contribution in [0.2, 0.25) is 0 Å². The molecule has 1 saturated heterocycles. The maximum Gasteiger partial charge on any atom is 0.276 e. The van der Waals surface area contributed by atoms with Gasteiger partial charge in [-0.2, -0.15) is 0 Å². The van der Waals surface area contributed by atoms with Crippen molar-refractivity contribution in [3.8, 4) is 0 Å². The van der Waals surface area contributed by atoms with Crippen LogP contribution in [0.3, 0.4) is 0 Å². The second kappa shape index (κ2) is 4.39. The highest BCUT2D eigenvalue weighted by atomic mass is 16.5. The maximum absolute atomic E-state index is 12.4. The SMILES string of the molecule is Cc1conc1C(=O)N1CCC2CCC(O)C1C2. The molecule has 3 unspecified atom stereocenters. The van der Waals surface area contributed by atoms with Crippen LogP contribution < -0.4 is 0 Å². The van der Waals surface area contributed by atoms with Crippen LogP contribution in [0.5, 0.6) is 0 Å². The minimum Gasteiger partial charge on any atom is -0.391 e. The summed E-state index contributed by atoms with van der Waals surface area (Å²) in [5, 5.41) is 13.8. The van der Waals surface area contributed by atoms with Crippen LogP contribution in [0.15, 0.2) is 10.8 Å². The molecule has 1 amide bonds. The average molecular weight is 250 g/mol. The van der Waals surface area contributed by atoms with Crippen molar-refractivity contribution >= 4 is 5.91 Å². The number of aliphatic hydroxyl groups excluding tert-OH is 1. The number of aryl methyl sites for hydroxylation is 1. The molecule has 5 nitrogen and oxygen atoms in total. The van der Waals surface area contributed by atoms with Gasteiger partial charge in [0.05, 0.1) is 12.1 Å². The van der Waals surface area contributed by atoms with Gasteiger partial charge < -0.3 is 14.5 Å². The molecular weight excluding hydrogens is 232 g/mol. The fourth-order valence-corrected chi connectivity index (χ4v) is 3.18. The normalized spacial score (nSPS) is 31.4. The van der Waals surface area contributed by atoms with Crippen LogP contribution in [-0.2, 0) is 0 Å². The van der Waals surface area contributed by atoms with Crippen molar-refractivity contribution in [1.29, 1.82) is 0 Å². The third-order valence-corrected chi connectivity index (χ3v) is 4.28. The summed E-state index contributed by atoms with van der Waals surface area (Å²) >= 11 is 0. The van der Waals surface area contributed by atoms with E-state index in [0.717, 1.165) is 37.8 Å². The summed E-state index contributed by atoms with van der Waals surface area (Å²) in [5.41, 5.74) is 1.14. The predicted molar refractivity (Wildman–Crippen MR) is 64.0 cm³/mol. The summed E-state index contributed by atoms with van der Waals surface area (Å²) in [7, 11) is 0. The van der Waals surface area contributed by atoms with Gasteiger partial charge in [-0.3, -0.25) is 4.79 Å².